The van der Waals surface area contributed by atoms with Gasteiger partial charge in [-0.25, -0.2) is 0 Å². The van der Waals surface area contributed by atoms with Crippen molar-refractivity contribution in [1.82, 2.24) is 10.6 Å². The number of carbonyl (C=O) groups is 2. The molecule has 0 atom stereocenters. The Morgan fingerprint density at radius 3 is 1.37 bits per heavy atom. The zero-order valence-corrected chi connectivity index (χ0v) is 16.8. The van der Waals surface area contributed by atoms with Gasteiger partial charge < -0.3 is 34.3 Å². The molecule has 0 saturated carbocycles. The lowest BCUT2D eigenvalue weighted by Gasteiger charge is -2.08. The molecule has 2 N–H and O–H groups in total. The van der Waals surface area contributed by atoms with Gasteiger partial charge in [-0.2, -0.15) is 0 Å². The Bertz CT molecular complexity index is 357. The maximum Gasteiger partial charge on any atom is 0.220 e. The van der Waals surface area contributed by atoms with E-state index in [1.54, 1.807) is 0 Å². The minimum Gasteiger partial charge on any atom is -0.377 e. The highest BCUT2D eigenvalue weighted by atomic mass is 16.6. The molecule has 160 valence electrons. The van der Waals surface area contributed by atoms with E-state index in [1.807, 2.05) is 6.92 Å². The first-order valence-corrected chi connectivity index (χ1v) is 9.56. The maximum absolute atomic E-state index is 11.2. The summed E-state index contributed by atoms with van der Waals surface area (Å²) in [5.74, 6) is 0.00395. The van der Waals surface area contributed by atoms with E-state index in [9.17, 15) is 9.59 Å². The predicted octanol–water partition coefficient (Wildman–Crippen LogP) is 0.122. The summed E-state index contributed by atoms with van der Waals surface area (Å²) in [7, 11) is 0. The number of ether oxygens (including phenoxy) is 5. The van der Waals surface area contributed by atoms with Gasteiger partial charge in [0.05, 0.1) is 66.1 Å². The van der Waals surface area contributed by atoms with Crippen LogP contribution in [0.3, 0.4) is 0 Å². The van der Waals surface area contributed by atoms with Crippen molar-refractivity contribution in [2.45, 2.75) is 26.7 Å². The van der Waals surface area contributed by atoms with Gasteiger partial charge in [0.1, 0.15) is 0 Å². The molecule has 9 heteroatoms. The van der Waals surface area contributed by atoms with E-state index in [1.165, 1.54) is 6.92 Å². The Balaban J connectivity index is 3.05. The summed E-state index contributed by atoms with van der Waals surface area (Å²) in [5, 5.41) is 5.43. The van der Waals surface area contributed by atoms with Crippen LogP contribution in [0.2, 0.25) is 0 Å². The van der Waals surface area contributed by atoms with Crippen molar-refractivity contribution in [3.63, 3.8) is 0 Å². The van der Waals surface area contributed by atoms with Crippen molar-refractivity contribution >= 4 is 11.8 Å². The molecule has 0 aromatic carbocycles. The zero-order chi connectivity index (χ0) is 20.0. The van der Waals surface area contributed by atoms with Crippen molar-refractivity contribution < 1.29 is 33.3 Å². The van der Waals surface area contributed by atoms with E-state index in [0.29, 0.717) is 85.6 Å². The average molecular weight is 392 g/mol. The number of hydrogen-bond acceptors (Lipinski definition) is 7. The molecule has 0 aliphatic carbocycles. The van der Waals surface area contributed by atoms with Crippen LogP contribution in [0.5, 0.6) is 0 Å². The third-order valence-corrected chi connectivity index (χ3v) is 3.15. The van der Waals surface area contributed by atoms with Gasteiger partial charge in [0, 0.05) is 26.4 Å². The molecule has 0 saturated heterocycles. The van der Waals surface area contributed by atoms with E-state index in [4.69, 9.17) is 23.7 Å². The van der Waals surface area contributed by atoms with Crippen LogP contribution in [0.1, 0.15) is 26.7 Å². The molecular formula is C18H36N2O7. The second kappa shape index (κ2) is 21.0. The SMILES string of the molecule is CCCC(=O)NCCOCCOCCOCCOCCOCCNC(C)=O. The molecule has 0 heterocycles. The van der Waals surface area contributed by atoms with Crippen LogP contribution in [-0.2, 0) is 33.3 Å². The highest BCUT2D eigenvalue weighted by molar-refractivity contribution is 5.75. The van der Waals surface area contributed by atoms with Crippen LogP contribution in [0.25, 0.3) is 0 Å². The van der Waals surface area contributed by atoms with Crippen molar-refractivity contribution in [1.29, 1.82) is 0 Å². The summed E-state index contributed by atoms with van der Waals surface area (Å²) in [4.78, 5) is 21.8. The first kappa shape index (κ1) is 25.7. The Morgan fingerprint density at radius 1 is 0.630 bits per heavy atom. The molecule has 2 amide bonds. The second-order valence-corrected chi connectivity index (χ2v) is 5.64. The standard InChI is InChI=1S/C18H36N2O7/c1-3-4-18(22)20-6-8-24-10-12-26-14-16-27-15-13-25-11-9-23-7-5-19-17(2)21/h3-16H2,1-2H3,(H,19,21)(H,20,22). The fourth-order valence-electron chi connectivity index (χ4n) is 1.86. The van der Waals surface area contributed by atoms with Crippen molar-refractivity contribution in [2.75, 3.05) is 79.2 Å². The lowest BCUT2D eigenvalue weighted by atomic mass is 10.3. The van der Waals surface area contributed by atoms with Crippen LogP contribution < -0.4 is 10.6 Å². The van der Waals surface area contributed by atoms with Gasteiger partial charge in [0.2, 0.25) is 11.8 Å². The Labute approximate surface area is 162 Å². The first-order chi connectivity index (χ1) is 13.2. The van der Waals surface area contributed by atoms with Crippen LogP contribution in [0, 0.1) is 0 Å². The summed E-state index contributed by atoms with van der Waals surface area (Å²) in [6.07, 6.45) is 1.41. The molecule has 0 aliphatic rings. The Kier molecular flexibility index (Phi) is 20.1. The molecule has 0 radical (unpaired) electrons. The van der Waals surface area contributed by atoms with Crippen LogP contribution in [-0.4, -0.2) is 91.0 Å². The highest BCUT2D eigenvalue weighted by Crippen LogP contribution is 1.86. The molecule has 0 spiro atoms. The largest absolute Gasteiger partial charge is 0.377 e. The topological polar surface area (TPSA) is 104 Å². The number of rotatable bonds is 20. The molecule has 0 aromatic heterocycles. The van der Waals surface area contributed by atoms with Crippen LogP contribution >= 0.6 is 0 Å². The normalized spacial score (nSPS) is 10.7. The fraction of sp³-hybridized carbons (Fsp3) is 0.889. The molecule has 27 heavy (non-hydrogen) atoms. The predicted molar refractivity (Wildman–Crippen MR) is 101 cm³/mol. The number of hydrogen-bond donors (Lipinski definition) is 2. The summed E-state index contributed by atoms with van der Waals surface area (Å²) in [6.45, 7) is 9.45. The van der Waals surface area contributed by atoms with Gasteiger partial charge in [-0.15, -0.1) is 0 Å². The van der Waals surface area contributed by atoms with Gasteiger partial charge in [0.25, 0.3) is 0 Å². The molecule has 0 fully saturated rings. The van der Waals surface area contributed by atoms with Crippen LogP contribution in [0.4, 0.5) is 0 Å². The Morgan fingerprint density at radius 2 is 1.00 bits per heavy atom. The summed E-state index contributed by atoms with van der Waals surface area (Å²) >= 11 is 0. The van der Waals surface area contributed by atoms with Gasteiger partial charge in [-0.1, -0.05) is 6.92 Å². The van der Waals surface area contributed by atoms with E-state index in [2.05, 4.69) is 10.6 Å². The third-order valence-electron chi connectivity index (χ3n) is 3.15. The lowest BCUT2D eigenvalue weighted by Crippen LogP contribution is -2.27. The summed E-state index contributed by atoms with van der Waals surface area (Å²) < 4.78 is 26.7. The fourth-order valence-corrected chi connectivity index (χ4v) is 1.86. The van der Waals surface area contributed by atoms with Gasteiger partial charge in [0.15, 0.2) is 0 Å². The molecular weight excluding hydrogens is 356 g/mol. The average Bonchev–Trinajstić information content (AvgIpc) is 2.63. The van der Waals surface area contributed by atoms with Crippen molar-refractivity contribution in [3.8, 4) is 0 Å². The first-order valence-electron chi connectivity index (χ1n) is 9.56. The minimum absolute atomic E-state index is 0.0590. The van der Waals surface area contributed by atoms with Gasteiger partial charge in [-0.3, -0.25) is 9.59 Å². The summed E-state index contributed by atoms with van der Waals surface area (Å²) in [6, 6.07) is 0. The summed E-state index contributed by atoms with van der Waals surface area (Å²) in [5.41, 5.74) is 0. The molecule has 0 bridgehead atoms. The smallest absolute Gasteiger partial charge is 0.220 e. The molecule has 0 rings (SSSR count). The van der Waals surface area contributed by atoms with Crippen molar-refractivity contribution in [2.24, 2.45) is 0 Å². The monoisotopic (exact) mass is 392 g/mol. The minimum atomic E-state index is -0.0590. The number of nitrogens with one attached hydrogen (secondary N) is 2. The molecule has 0 unspecified atom stereocenters. The van der Waals surface area contributed by atoms with E-state index < -0.39 is 0 Å². The maximum atomic E-state index is 11.2. The van der Waals surface area contributed by atoms with E-state index in [0.717, 1.165) is 6.42 Å². The second-order valence-electron chi connectivity index (χ2n) is 5.64. The van der Waals surface area contributed by atoms with E-state index in [-0.39, 0.29) is 11.8 Å². The number of amides is 2. The van der Waals surface area contributed by atoms with Gasteiger partial charge >= 0.3 is 0 Å². The quantitative estimate of drug-likeness (QED) is 0.284. The lowest BCUT2D eigenvalue weighted by molar-refractivity contribution is -0.121. The molecule has 9 nitrogen and oxygen atoms in total. The third kappa shape index (κ3) is 22.7. The Hall–Kier alpha value is -1.26. The zero-order valence-electron chi connectivity index (χ0n) is 16.8. The van der Waals surface area contributed by atoms with Crippen molar-refractivity contribution in [3.05, 3.63) is 0 Å². The molecule has 0 aromatic rings. The molecule has 0 aliphatic heterocycles. The number of carbonyl (C=O) groups excluding carboxylic acids is 2. The van der Waals surface area contributed by atoms with E-state index >= 15 is 0 Å². The van der Waals surface area contributed by atoms with Gasteiger partial charge in [-0.05, 0) is 6.42 Å². The van der Waals surface area contributed by atoms with Crippen LogP contribution in [0.15, 0.2) is 0 Å². The highest BCUT2D eigenvalue weighted by Gasteiger charge is 1.97.